The van der Waals surface area contributed by atoms with Gasteiger partial charge in [-0.2, -0.15) is 0 Å². The highest BCUT2D eigenvalue weighted by Crippen LogP contribution is 2.27. The predicted octanol–water partition coefficient (Wildman–Crippen LogP) is 1.94. The normalized spacial score (nSPS) is 15.6. The lowest BCUT2D eigenvalue weighted by molar-refractivity contribution is 0.0853. The summed E-state index contributed by atoms with van der Waals surface area (Å²) in [5.41, 5.74) is 1.22. The number of pyridine rings is 1. The Morgan fingerprint density at radius 2 is 1.79 bits per heavy atom. The zero-order chi connectivity index (χ0) is 20.6. The lowest BCUT2D eigenvalue weighted by Crippen LogP contribution is -2.32. The van der Waals surface area contributed by atoms with Crippen molar-refractivity contribution in [1.29, 1.82) is 0 Å². The van der Waals surface area contributed by atoms with Crippen LogP contribution in [-0.4, -0.2) is 50.3 Å². The number of nitrogens with zero attached hydrogens (tertiary/aromatic N) is 1. The molecular formula is C21H25N3O5. The van der Waals surface area contributed by atoms with Crippen LogP contribution >= 0.6 is 0 Å². The van der Waals surface area contributed by atoms with E-state index in [-0.39, 0.29) is 35.9 Å². The maximum absolute atomic E-state index is 12.5. The van der Waals surface area contributed by atoms with E-state index >= 15 is 0 Å². The molecule has 2 aromatic rings. The fourth-order valence-electron chi connectivity index (χ4n) is 3.05. The van der Waals surface area contributed by atoms with E-state index in [1.54, 1.807) is 44.6 Å². The Balaban J connectivity index is 1.58. The Labute approximate surface area is 169 Å². The number of hydrogen-bond acceptors (Lipinski definition) is 6. The third kappa shape index (κ3) is 5.45. The van der Waals surface area contributed by atoms with Crippen LogP contribution in [0.4, 0.5) is 0 Å². The summed E-state index contributed by atoms with van der Waals surface area (Å²) >= 11 is 0. The highest BCUT2D eigenvalue weighted by atomic mass is 16.5. The maximum Gasteiger partial charge on any atom is 0.270 e. The number of rotatable bonds is 8. The van der Waals surface area contributed by atoms with Crippen molar-refractivity contribution in [3.05, 3.63) is 53.3 Å². The number of ether oxygens (including phenoxy) is 3. The summed E-state index contributed by atoms with van der Waals surface area (Å²) in [6.07, 6.45) is 1.99. The highest BCUT2D eigenvalue weighted by Gasteiger charge is 2.18. The molecule has 1 aliphatic heterocycles. The molecule has 1 aliphatic rings. The molecular weight excluding hydrogens is 374 g/mol. The number of aromatic nitrogens is 1. The van der Waals surface area contributed by atoms with Gasteiger partial charge in [0.25, 0.3) is 11.8 Å². The summed E-state index contributed by atoms with van der Waals surface area (Å²) in [6, 6.07) is 10.2. The zero-order valence-corrected chi connectivity index (χ0v) is 16.6. The van der Waals surface area contributed by atoms with Gasteiger partial charge in [-0.15, -0.1) is 0 Å². The van der Waals surface area contributed by atoms with Crippen LogP contribution in [0.1, 0.15) is 39.4 Å². The fourth-order valence-corrected chi connectivity index (χ4v) is 3.05. The van der Waals surface area contributed by atoms with Gasteiger partial charge < -0.3 is 24.8 Å². The Morgan fingerprint density at radius 3 is 2.45 bits per heavy atom. The van der Waals surface area contributed by atoms with E-state index in [0.717, 1.165) is 25.0 Å². The Bertz CT molecular complexity index is 865. The second kappa shape index (κ2) is 9.88. The van der Waals surface area contributed by atoms with Crippen molar-refractivity contribution in [3.63, 3.8) is 0 Å². The van der Waals surface area contributed by atoms with E-state index < -0.39 is 0 Å². The van der Waals surface area contributed by atoms with Gasteiger partial charge in [0.05, 0.1) is 20.3 Å². The Hall–Kier alpha value is -3.13. The second-order valence-electron chi connectivity index (χ2n) is 6.63. The highest BCUT2D eigenvalue weighted by molar-refractivity contribution is 5.96. The van der Waals surface area contributed by atoms with Gasteiger partial charge in [-0.3, -0.25) is 9.59 Å². The van der Waals surface area contributed by atoms with E-state index in [1.165, 1.54) is 0 Å². The zero-order valence-electron chi connectivity index (χ0n) is 16.6. The smallest absolute Gasteiger partial charge is 0.270 e. The summed E-state index contributed by atoms with van der Waals surface area (Å²) in [4.78, 5) is 28.9. The lowest BCUT2D eigenvalue weighted by Gasteiger charge is -2.11. The monoisotopic (exact) mass is 399 g/mol. The molecule has 1 fully saturated rings. The molecule has 29 heavy (non-hydrogen) atoms. The molecule has 1 atom stereocenters. The van der Waals surface area contributed by atoms with E-state index in [0.29, 0.717) is 18.0 Å². The van der Waals surface area contributed by atoms with Gasteiger partial charge in [0.15, 0.2) is 11.5 Å². The van der Waals surface area contributed by atoms with Gasteiger partial charge in [-0.05, 0) is 42.7 Å². The van der Waals surface area contributed by atoms with Gasteiger partial charge in [0, 0.05) is 19.7 Å². The number of hydrogen-bond donors (Lipinski definition) is 2. The summed E-state index contributed by atoms with van der Waals surface area (Å²) in [6.45, 7) is 1.46. The molecule has 1 unspecified atom stereocenters. The topological polar surface area (TPSA) is 98.8 Å². The van der Waals surface area contributed by atoms with Crippen LogP contribution in [0, 0.1) is 0 Å². The summed E-state index contributed by atoms with van der Waals surface area (Å²) < 4.78 is 16.0. The molecule has 1 saturated heterocycles. The van der Waals surface area contributed by atoms with Crippen LogP contribution in [0.5, 0.6) is 11.5 Å². The number of carbonyl (C=O) groups excluding carboxylic acids is 2. The number of amides is 2. The quantitative estimate of drug-likeness (QED) is 0.704. The fraction of sp³-hybridized carbons (Fsp3) is 0.381. The van der Waals surface area contributed by atoms with Gasteiger partial charge in [-0.25, -0.2) is 4.98 Å². The van der Waals surface area contributed by atoms with Crippen LogP contribution in [0.2, 0.25) is 0 Å². The molecule has 154 valence electrons. The average Bonchev–Trinajstić information content (AvgIpc) is 3.29. The molecule has 2 N–H and O–H groups in total. The van der Waals surface area contributed by atoms with Crippen LogP contribution in [0.25, 0.3) is 0 Å². The van der Waals surface area contributed by atoms with Crippen molar-refractivity contribution in [1.82, 2.24) is 15.6 Å². The van der Waals surface area contributed by atoms with Crippen molar-refractivity contribution in [2.75, 3.05) is 27.4 Å². The van der Waals surface area contributed by atoms with E-state index in [4.69, 9.17) is 14.2 Å². The molecule has 8 heteroatoms. The summed E-state index contributed by atoms with van der Waals surface area (Å²) in [5.74, 6) is 0.511. The number of benzene rings is 1. The Morgan fingerprint density at radius 1 is 1.07 bits per heavy atom. The van der Waals surface area contributed by atoms with Gasteiger partial charge in [0.1, 0.15) is 11.4 Å². The maximum atomic E-state index is 12.5. The average molecular weight is 399 g/mol. The Kier molecular flexibility index (Phi) is 7.02. The minimum atomic E-state index is -0.367. The van der Waals surface area contributed by atoms with Gasteiger partial charge in [0.2, 0.25) is 0 Å². The largest absolute Gasteiger partial charge is 0.493 e. The minimum absolute atomic E-state index is 0.0481. The standard InChI is InChI=1S/C21H25N3O5/c1-27-18-9-8-14(11-19(18)28-2)12-22-20(25)16-6-3-7-17(24-16)21(26)23-13-15-5-4-10-29-15/h3,6-9,11,15H,4-5,10,12-13H2,1-2H3,(H,22,25)(H,23,26). The number of nitrogens with one attached hydrogen (secondary N) is 2. The molecule has 0 aliphatic carbocycles. The molecule has 0 saturated carbocycles. The molecule has 0 bridgehead atoms. The molecule has 1 aromatic heterocycles. The van der Waals surface area contributed by atoms with E-state index in [1.807, 2.05) is 6.07 Å². The van der Waals surface area contributed by atoms with E-state index in [9.17, 15) is 9.59 Å². The van der Waals surface area contributed by atoms with Crippen molar-refractivity contribution in [2.45, 2.75) is 25.5 Å². The number of carbonyl (C=O) groups is 2. The number of methoxy groups -OCH3 is 2. The molecule has 0 radical (unpaired) electrons. The van der Waals surface area contributed by atoms with Gasteiger partial charge >= 0.3 is 0 Å². The molecule has 2 heterocycles. The molecule has 0 spiro atoms. The van der Waals surface area contributed by atoms with Crippen LogP contribution in [-0.2, 0) is 11.3 Å². The van der Waals surface area contributed by atoms with Crippen molar-refractivity contribution in [3.8, 4) is 11.5 Å². The summed E-state index contributed by atoms with van der Waals surface area (Å²) in [7, 11) is 3.12. The van der Waals surface area contributed by atoms with Gasteiger partial charge in [-0.1, -0.05) is 12.1 Å². The van der Waals surface area contributed by atoms with Crippen molar-refractivity contribution in [2.24, 2.45) is 0 Å². The van der Waals surface area contributed by atoms with E-state index in [2.05, 4.69) is 15.6 Å². The first-order valence-corrected chi connectivity index (χ1v) is 9.46. The molecule has 1 aromatic carbocycles. The molecule has 8 nitrogen and oxygen atoms in total. The first kappa shape index (κ1) is 20.6. The molecule has 3 rings (SSSR count). The first-order valence-electron chi connectivity index (χ1n) is 9.46. The third-order valence-corrected chi connectivity index (χ3v) is 4.63. The first-order chi connectivity index (χ1) is 14.1. The molecule has 2 amide bonds. The second-order valence-corrected chi connectivity index (χ2v) is 6.63. The van der Waals surface area contributed by atoms with Crippen LogP contribution in [0.3, 0.4) is 0 Å². The van der Waals surface area contributed by atoms with Crippen molar-refractivity contribution >= 4 is 11.8 Å². The predicted molar refractivity (Wildman–Crippen MR) is 106 cm³/mol. The lowest BCUT2D eigenvalue weighted by atomic mass is 10.2. The SMILES string of the molecule is COc1ccc(CNC(=O)c2cccc(C(=O)NCC3CCCO3)n2)cc1OC. The van der Waals surface area contributed by atoms with Crippen LogP contribution < -0.4 is 20.1 Å². The third-order valence-electron chi connectivity index (χ3n) is 4.63. The van der Waals surface area contributed by atoms with Crippen molar-refractivity contribution < 1.29 is 23.8 Å². The summed E-state index contributed by atoms with van der Waals surface area (Å²) in [5, 5.41) is 5.60. The van der Waals surface area contributed by atoms with Crippen LogP contribution in [0.15, 0.2) is 36.4 Å². The minimum Gasteiger partial charge on any atom is -0.493 e.